The van der Waals surface area contributed by atoms with Crippen molar-refractivity contribution in [3.63, 3.8) is 0 Å². The lowest BCUT2D eigenvalue weighted by molar-refractivity contribution is -0.188. The summed E-state index contributed by atoms with van der Waals surface area (Å²) in [7, 11) is 0. The number of esters is 1. The fourth-order valence-corrected chi connectivity index (χ4v) is 0.212. The lowest BCUT2D eigenvalue weighted by Crippen LogP contribution is -2.27. The molecule has 0 aromatic heterocycles. The average molecular weight is 150 g/mol. The molecule has 0 aromatic carbocycles. The first kappa shape index (κ1) is 8.86. The maximum absolute atomic E-state index is 10.0. The third-order valence-corrected chi connectivity index (χ3v) is 0.583. The Bertz CT molecular complexity index is 141. The Hall–Kier alpha value is -1.14. The second kappa shape index (κ2) is 3.80. The topological polar surface area (TPSA) is 104 Å². The van der Waals surface area contributed by atoms with E-state index in [4.69, 9.17) is 15.3 Å². The van der Waals surface area contributed by atoms with E-state index in [1.165, 1.54) is 0 Å². The second-order valence-electron chi connectivity index (χ2n) is 1.34. The zero-order chi connectivity index (χ0) is 8.15. The van der Waals surface area contributed by atoms with Crippen molar-refractivity contribution in [3.05, 3.63) is 0 Å². The Morgan fingerprint density at radius 1 is 1.50 bits per heavy atom. The SMILES string of the molecule is O=C(CO)OC(O)C(=O)O. The molecule has 58 valence electrons. The Kier molecular flexibility index (Phi) is 3.37. The smallest absolute Gasteiger partial charge is 0.373 e. The summed E-state index contributed by atoms with van der Waals surface area (Å²) >= 11 is 0. The van der Waals surface area contributed by atoms with Crippen molar-refractivity contribution in [2.75, 3.05) is 6.61 Å². The van der Waals surface area contributed by atoms with Gasteiger partial charge in [0.05, 0.1) is 0 Å². The summed E-state index contributed by atoms with van der Waals surface area (Å²) in [6.45, 7) is -0.954. The Balaban J connectivity index is 3.68. The second-order valence-corrected chi connectivity index (χ2v) is 1.34. The minimum Gasteiger partial charge on any atom is -0.477 e. The Morgan fingerprint density at radius 3 is 2.30 bits per heavy atom. The highest BCUT2D eigenvalue weighted by atomic mass is 16.7. The van der Waals surface area contributed by atoms with Crippen LogP contribution in [0.25, 0.3) is 0 Å². The number of carbonyl (C=O) groups is 2. The van der Waals surface area contributed by atoms with E-state index >= 15 is 0 Å². The van der Waals surface area contributed by atoms with Crippen LogP contribution in [0.2, 0.25) is 0 Å². The van der Waals surface area contributed by atoms with E-state index in [1.54, 1.807) is 0 Å². The van der Waals surface area contributed by atoms with E-state index < -0.39 is 24.8 Å². The average Bonchev–Trinajstić information content (AvgIpc) is 1.87. The van der Waals surface area contributed by atoms with Crippen LogP contribution in [0.1, 0.15) is 0 Å². The molecule has 0 heterocycles. The van der Waals surface area contributed by atoms with Gasteiger partial charge in [0.25, 0.3) is 6.29 Å². The van der Waals surface area contributed by atoms with Gasteiger partial charge in [-0.25, -0.2) is 9.59 Å². The molecule has 3 N–H and O–H groups in total. The van der Waals surface area contributed by atoms with Crippen LogP contribution in [0.5, 0.6) is 0 Å². The molecule has 1 unspecified atom stereocenters. The molecule has 0 spiro atoms. The number of hydrogen-bond donors (Lipinski definition) is 3. The molecule has 1 atom stereocenters. The molecule has 0 aliphatic carbocycles. The third-order valence-electron chi connectivity index (χ3n) is 0.583. The highest BCUT2D eigenvalue weighted by Crippen LogP contribution is 1.86. The van der Waals surface area contributed by atoms with Gasteiger partial charge in [-0.1, -0.05) is 0 Å². The van der Waals surface area contributed by atoms with Gasteiger partial charge in [0.2, 0.25) is 0 Å². The first-order valence-electron chi connectivity index (χ1n) is 2.29. The minimum atomic E-state index is -2.19. The maximum atomic E-state index is 10.0. The molecule has 0 amide bonds. The standard InChI is InChI=1S/C4H6O6/c5-1-2(6)10-4(9)3(7)8/h4-5,9H,1H2,(H,7,8). The van der Waals surface area contributed by atoms with Crippen LogP contribution in [0, 0.1) is 0 Å². The largest absolute Gasteiger partial charge is 0.477 e. The van der Waals surface area contributed by atoms with Gasteiger partial charge in [-0.15, -0.1) is 0 Å². The van der Waals surface area contributed by atoms with E-state index in [9.17, 15) is 9.59 Å². The quantitative estimate of drug-likeness (QED) is 0.315. The van der Waals surface area contributed by atoms with Crippen molar-refractivity contribution in [3.8, 4) is 0 Å². The first-order chi connectivity index (χ1) is 4.57. The number of carbonyl (C=O) groups excluding carboxylic acids is 1. The zero-order valence-corrected chi connectivity index (χ0v) is 4.85. The van der Waals surface area contributed by atoms with Crippen molar-refractivity contribution in [1.29, 1.82) is 0 Å². The highest BCUT2D eigenvalue weighted by Gasteiger charge is 2.17. The van der Waals surface area contributed by atoms with Crippen LogP contribution < -0.4 is 0 Å². The van der Waals surface area contributed by atoms with Crippen LogP contribution in [-0.2, 0) is 14.3 Å². The van der Waals surface area contributed by atoms with Crippen molar-refractivity contribution in [2.24, 2.45) is 0 Å². The summed E-state index contributed by atoms with van der Waals surface area (Å²) in [5.41, 5.74) is 0. The number of carboxylic acid groups (broad SMARTS) is 1. The normalized spacial score (nSPS) is 12.2. The third kappa shape index (κ3) is 3.00. The van der Waals surface area contributed by atoms with Gasteiger partial charge >= 0.3 is 11.9 Å². The molecule has 0 aliphatic heterocycles. The highest BCUT2D eigenvalue weighted by molar-refractivity contribution is 5.77. The van der Waals surface area contributed by atoms with Crippen LogP contribution in [0.3, 0.4) is 0 Å². The predicted octanol–water partition coefficient (Wildman–Crippen LogP) is -2.08. The number of carboxylic acids is 1. The number of hydrogen-bond acceptors (Lipinski definition) is 5. The Morgan fingerprint density at radius 2 is 2.00 bits per heavy atom. The van der Waals surface area contributed by atoms with Gasteiger partial charge in [0.1, 0.15) is 6.61 Å². The summed E-state index contributed by atoms with van der Waals surface area (Å²) in [6, 6.07) is 0. The van der Waals surface area contributed by atoms with Gasteiger partial charge in [-0.05, 0) is 0 Å². The molecule has 0 saturated heterocycles. The summed E-state index contributed by atoms with van der Waals surface area (Å²) in [5.74, 6) is -2.86. The molecule has 0 saturated carbocycles. The fraction of sp³-hybridized carbons (Fsp3) is 0.500. The molecular weight excluding hydrogens is 144 g/mol. The molecule has 0 aromatic rings. The summed E-state index contributed by atoms with van der Waals surface area (Å²) in [6.07, 6.45) is -2.19. The molecule has 6 nitrogen and oxygen atoms in total. The number of ether oxygens (including phenoxy) is 1. The summed E-state index contributed by atoms with van der Waals surface area (Å²) in [4.78, 5) is 19.8. The van der Waals surface area contributed by atoms with E-state index in [2.05, 4.69) is 4.74 Å². The number of aliphatic carboxylic acids is 1. The van der Waals surface area contributed by atoms with Crippen molar-refractivity contribution < 1.29 is 29.6 Å². The molecule has 0 aliphatic rings. The zero-order valence-electron chi connectivity index (χ0n) is 4.85. The number of rotatable bonds is 3. The number of aliphatic hydroxyl groups excluding tert-OH is 2. The van der Waals surface area contributed by atoms with Crippen molar-refractivity contribution >= 4 is 11.9 Å². The maximum Gasteiger partial charge on any atom is 0.373 e. The lowest BCUT2D eigenvalue weighted by atomic mass is 10.6. The number of aliphatic hydroxyl groups is 2. The van der Waals surface area contributed by atoms with Gasteiger partial charge in [-0.2, -0.15) is 0 Å². The van der Waals surface area contributed by atoms with Crippen LogP contribution in [-0.4, -0.2) is 40.2 Å². The Labute approximate surface area is 55.7 Å². The molecule has 0 bridgehead atoms. The predicted molar refractivity (Wildman–Crippen MR) is 26.8 cm³/mol. The molecule has 6 heteroatoms. The van der Waals surface area contributed by atoms with Crippen molar-refractivity contribution in [1.82, 2.24) is 0 Å². The molecule has 0 radical (unpaired) electrons. The summed E-state index contributed by atoms with van der Waals surface area (Å²) < 4.78 is 3.73. The van der Waals surface area contributed by atoms with E-state index in [0.29, 0.717) is 0 Å². The van der Waals surface area contributed by atoms with Gasteiger partial charge in [0, 0.05) is 0 Å². The van der Waals surface area contributed by atoms with E-state index in [1.807, 2.05) is 0 Å². The van der Waals surface area contributed by atoms with E-state index in [-0.39, 0.29) is 0 Å². The van der Waals surface area contributed by atoms with Crippen LogP contribution in [0.15, 0.2) is 0 Å². The fourth-order valence-electron chi connectivity index (χ4n) is 0.212. The van der Waals surface area contributed by atoms with Gasteiger partial charge in [0.15, 0.2) is 0 Å². The molecule has 0 fully saturated rings. The molecule has 0 rings (SSSR count). The van der Waals surface area contributed by atoms with Gasteiger partial charge in [-0.3, -0.25) is 0 Å². The molecular formula is C4H6O6. The monoisotopic (exact) mass is 150 g/mol. The molecule has 10 heavy (non-hydrogen) atoms. The lowest BCUT2D eigenvalue weighted by Gasteiger charge is -2.04. The minimum absolute atomic E-state index is 0.954. The van der Waals surface area contributed by atoms with E-state index in [0.717, 1.165) is 0 Å². The van der Waals surface area contributed by atoms with Crippen LogP contribution in [0.4, 0.5) is 0 Å². The van der Waals surface area contributed by atoms with Gasteiger partial charge < -0.3 is 20.1 Å². The first-order valence-corrected chi connectivity index (χ1v) is 2.29. The van der Waals surface area contributed by atoms with Crippen molar-refractivity contribution in [2.45, 2.75) is 6.29 Å². The van der Waals surface area contributed by atoms with Crippen LogP contribution >= 0.6 is 0 Å². The summed E-state index contributed by atoms with van der Waals surface area (Å²) in [5, 5.41) is 24.2.